The van der Waals surface area contributed by atoms with Gasteiger partial charge in [0.25, 0.3) is 0 Å². The molecule has 0 amide bonds. The van der Waals surface area contributed by atoms with Crippen molar-refractivity contribution in [1.29, 1.82) is 5.26 Å². The number of halogens is 1. The quantitative estimate of drug-likeness (QED) is 0.665. The van der Waals surface area contributed by atoms with E-state index >= 15 is 0 Å². The van der Waals surface area contributed by atoms with Crippen LogP contribution in [0, 0.1) is 11.3 Å². The number of rotatable bonds is 7. The SMILES string of the molecule is CS(=O)Cc1cccc2c1NCC2C(CCCC#N)c1ccc(Cl)cc1. The van der Waals surface area contributed by atoms with E-state index in [-0.39, 0.29) is 0 Å². The van der Waals surface area contributed by atoms with Crippen LogP contribution in [0.5, 0.6) is 0 Å². The van der Waals surface area contributed by atoms with Gasteiger partial charge in [0.1, 0.15) is 0 Å². The number of para-hydroxylation sites is 1. The highest BCUT2D eigenvalue weighted by atomic mass is 35.5. The fourth-order valence-corrected chi connectivity index (χ4v) is 4.68. The first-order chi connectivity index (χ1) is 12.6. The molecule has 1 aliphatic rings. The van der Waals surface area contributed by atoms with Crippen LogP contribution in [-0.2, 0) is 16.6 Å². The van der Waals surface area contributed by atoms with E-state index in [1.165, 1.54) is 11.1 Å². The van der Waals surface area contributed by atoms with Gasteiger partial charge in [0.15, 0.2) is 0 Å². The summed E-state index contributed by atoms with van der Waals surface area (Å²) >= 11 is 6.07. The number of nitrogens with one attached hydrogen (secondary N) is 1. The van der Waals surface area contributed by atoms with Gasteiger partial charge in [0.05, 0.1) is 11.8 Å². The third-order valence-electron chi connectivity index (χ3n) is 5.03. The van der Waals surface area contributed by atoms with E-state index in [0.717, 1.165) is 35.7 Å². The van der Waals surface area contributed by atoms with E-state index in [0.29, 0.717) is 24.0 Å². The molecule has 0 spiro atoms. The summed E-state index contributed by atoms with van der Waals surface area (Å²) in [6.07, 6.45) is 4.16. The number of hydrogen-bond acceptors (Lipinski definition) is 3. The fraction of sp³-hybridized carbons (Fsp3) is 0.381. The Bertz CT molecular complexity index is 829. The molecule has 2 aromatic carbocycles. The van der Waals surface area contributed by atoms with E-state index in [2.05, 4.69) is 41.7 Å². The smallest absolute Gasteiger partial charge is 0.0621 e. The van der Waals surface area contributed by atoms with Gasteiger partial charge in [-0.25, -0.2) is 0 Å². The largest absolute Gasteiger partial charge is 0.384 e. The maximum absolute atomic E-state index is 11.7. The van der Waals surface area contributed by atoms with Crippen molar-refractivity contribution in [1.82, 2.24) is 0 Å². The van der Waals surface area contributed by atoms with E-state index in [4.69, 9.17) is 16.9 Å². The van der Waals surface area contributed by atoms with Crippen molar-refractivity contribution in [3.8, 4) is 6.07 Å². The van der Waals surface area contributed by atoms with E-state index in [1.54, 1.807) is 6.26 Å². The Balaban J connectivity index is 1.93. The highest BCUT2D eigenvalue weighted by Gasteiger charge is 2.31. The lowest BCUT2D eigenvalue weighted by molar-refractivity contribution is 0.518. The van der Waals surface area contributed by atoms with Gasteiger partial charge in [-0.15, -0.1) is 0 Å². The van der Waals surface area contributed by atoms with Crippen molar-refractivity contribution in [2.45, 2.75) is 36.9 Å². The minimum atomic E-state index is -0.866. The zero-order valence-electron chi connectivity index (χ0n) is 14.9. The highest BCUT2D eigenvalue weighted by Crippen LogP contribution is 2.45. The van der Waals surface area contributed by atoms with Gasteiger partial charge >= 0.3 is 0 Å². The van der Waals surface area contributed by atoms with Crippen LogP contribution in [0.15, 0.2) is 42.5 Å². The summed E-state index contributed by atoms with van der Waals surface area (Å²) in [5.41, 5.74) is 4.82. The van der Waals surface area contributed by atoms with Crippen molar-refractivity contribution in [3.63, 3.8) is 0 Å². The Morgan fingerprint density at radius 2 is 2.08 bits per heavy atom. The maximum Gasteiger partial charge on any atom is 0.0621 e. The molecule has 3 nitrogen and oxygen atoms in total. The third kappa shape index (κ3) is 4.28. The number of hydrogen-bond donors (Lipinski definition) is 1. The number of benzene rings is 2. The summed E-state index contributed by atoms with van der Waals surface area (Å²) in [4.78, 5) is 0. The van der Waals surface area contributed by atoms with Crippen LogP contribution in [0.1, 0.15) is 47.8 Å². The third-order valence-corrected chi connectivity index (χ3v) is 6.00. The summed E-state index contributed by atoms with van der Waals surface area (Å²) < 4.78 is 11.7. The Morgan fingerprint density at radius 3 is 2.77 bits per heavy atom. The molecule has 0 aliphatic carbocycles. The minimum absolute atomic E-state index is 0.330. The minimum Gasteiger partial charge on any atom is -0.384 e. The predicted octanol–water partition coefficient (Wildman–Crippen LogP) is 5.21. The fourth-order valence-electron chi connectivity index (χ4n) is 3.88. The zero-order chi connectivity index (χ0) is 18.5. The van der Waals surface area contributed by atoms with Crippen molar-refractivity contribution in [2.75, 3.05) is 18.1 Å². The molecule has 3 atom stereocenters. The second-order valence-corrected chi connectivity index (χ2v) is 8.67. The molecule has 2 aromatic rings. The zero-order valence-corrected chi connectivity index (χ0v) is 16.4. The predicted molar refractivity (Wildman–Crippen MR) is 109 cm³/mol. The molecule has 0 saturated carbocycles. The first-order valence-corrected chi connectivity index (χ1v) is 11.0. The lowest BCUT2D eigenvalue weighted by Gasteiger charge is -2.24. The van der Waals surface area contributed by atoms with Gasteiger partial charge in [-0.3, -0.25) is 4.21 Å². The molecular weight excluding hydrogens is 364 g/mol. The summed E-state index contributed by atoms with van der Waals surface area (Å²) in [7, 11) is -0.866. The number of unbranched alkanes of at least 4 members (excludes halogenated alkanes) is 1. The van der Waals surface area contributed by atoms with E-state index in [9.17, 15) is 4.21 Å². The lowest BCUT2D eigenvalue weighted by atomic mass is 9.79. The first-order valence-electron chi connectivity index (χ1n) is 8.88. The van der Waals surface area contributed by atoms with Crippen LogP contribution in [0.25, 0.3) is 0 Å². The van der Waals surface area contributed by atoms with E-state index < -0.39 is 10.8 Å². The molecule has 26 heavy (non-hydrogen) atoms. The van der Waals surface area contributed by atoms with Crippen LogP contribution in [-0.4, -0.2) is 17.0 Å². The van der Waals surface area contributed by atoms with Crippen LogP contribution < -0.4 is 5.32 Å². The second kappa shape index (κ2) is 8.70. The molecule has 0 bridgehead atoms. The average molecular weight is 387 g/mol. The van der Waals surface area contributed by atoms with Gasteiger partial charge in [0, 0.05) is 46.6 Å². The summed E-state index contributed by atoms with van der Waals surface area (Å²) in [6.45, 7) is 0.864. The molecule has 1 heterocycles. The Morgan fingerprint density at radius 1 is 1.31 bits per heavy atom. The number of nitriles is 1. The van der Waals surface area contributed by atoms with E-state index in [1.807, 2.05) is 12.1 Å². The number of nitrogens with zero attached hydrogens (tertiary/aromatic N) is 1. The molecular formula is C21H23ClN2OS. The van der Waals surface area contributed by atoms with Crippen molar-refractivity contribution >= 4 is 28.1 Å². The van der Waals surface area contributed by atoms with Crippen LogP contribution >= 0.6 is 11.6 Å². The molecule has 1 N–H and O–H groups in total. The topological polar surface area (TPSA) is 52.9 Å². The number of anilines is 1. The van der Waals surface area contributed by atoms with Crippen LogP contribution in [0.4, 0.5) is 5.69 Å². The monoisotopic (exact) mass is 386 g/mol. The Hall–Kier alpha value is -1.83. The van der Waals surface area contributed by atoms with Crippen molar-refractivity contribution in [3.05, 3.63) is 64.2 Å². The molecule has 136 valence electrons. The van der Waals surface area contributed by atoms with Crippen molar-refractivity contribution in [2.24, 2.45) is 0 Å². The van der Waals surface area contributed by atoms with Gasteiger partial charge < -0.3 is 5.32 Å². The van der Waals surface area contributed by atoms with Crippen molar-refractivity contribution < 1.29 is 4.21 Å². The summed E-state index contributed by atoms with van der Waals surface area (Å²) in [5, 5.41) is 13.2. The molecule has 0 saturated heterocycles. The second-order valence-electron chi connectivity index (χ2n) is 6.79. The molecule has 3 rings (SSSR count). The van der Waals surface area contributed by atoms with Gasteiger partial charge in [0.2, 0.25) is 0 Å². The van der Waals surface area contributed by atoms with Gasteiger partial charge in [-0.2, -0.15) is 5.26 Å². The van der Waals surface area contributed by atoms with Gasteiger partial charge in [-0.1, -0.05) is 41.9 Å². The Labute approximate surface area is 162 Å². The number of fused-ring (bicyclic) bond motifs is 1. The summed E-state index contributed by atoms with van der Waals surface area (Å²) in [5.74, 6) is 1.25. The van der Waals surface area contributed by atoms with Gasteiger partial charge in [-0.05, 0) is 47.6 Å². The molecule has 0 radical (unpaired) electrons. The standard InChI is InChI=1S/C21H23ClN2OS/c1-26(25)14-16-5-4-7-19-20(13-24-21(16)19)18(6-2-3-12-23)15-8-10-17(22)11-9-15/h4-5,7-11,18,20,24H,2-3,6,13-14H2,1H3. The molecule has 0 aromatic heterocycles. The molecule has 0 fully saturated rings. The molecule has 3 unspecified atom stereocenters. The lowest BCUT2D eigenvalue weighted by Crippen LogP contribution is -2.13. The summed E-state index contributed by atoms with van der Waals surface area (Å²) in [6, 6.07) is 16.6. The van der Waals surface area contributed by atoms with Crippen LogP contribution in [0.3, 0.4) is 0 Å². The normalized spacial score (nSPS) is 17.8. The first kappa shape index (κ1) is 18.9. The Kier molecular flexibility index (Phi) is 6.34. The average Bonchev–Trinajstić information content (AvgIpc) is 3.04. The molecule has 5 heteroatoms. The molecule has 1 aliphatic heterocycles. The highest BCUT2D eigenvalue weighted by molar-refractivity contribution is 7.83. The van der Waals surface area contributed by atoms with Crippen LogP contribution in [0.2, 0.25) is 5.02 Å². The maximum atomic E-state index is 11.7.